The van der Waals surface area contributed by atoms with Gasteiger partial charge < -0.3 is 10.6 Å². The Kier molecular flexibility index (Phi) is 2.85. The predicted octanol–water partition coefficient (Wildman–Crippen LogP) is 0.979. The monoisotopic (exact) mass is 252 g/mol. The molecule has 0 aromatic heterocycles. The molecule has 1 atom stereocenters. The second-order valence-electron chi connectivity index (χ2n) is 3.68. The molecule has 0 saturated heterocycles. The van der Waals surface area contributed by atoms with Gasteiger partial charge in [0, 0.05) is 17.5 Å². The maximum atomic E-state index is 12.0. The van der Waals surface area contributed by atoms with Gasteiger partial charge in [0.2, 0.25) is 5.91 Å². The number of Topliss-reactive ketones (excluding diaryl/α,β-unsaturated/α-hetero) is 1. The van der Waals surface area contributed by atoms with E-state index in [9.17, 15) is 14.4 Å². The van der Waals surface area contributed by atoms with Crippen molar-refractivity contribution in [3.05, 3.63) is 28.8 Å². The lowest BCUT2D eigenvalue weighted by Crippen LogP contribution is -2.51. The summed E-state index contributed by atoms with van der Waals surface area (Å²) in [7, 11) is 0. The lowest BCUT2D eigenvalue weighted by Gasteiger charge is -2.23. The summed E-state index contributed by atoms with van der Waals surface area (Å²) in [5.41, 5.74) is 0.710. The van der Waals surface area contributed by atoms with Gasteiger partial charge in [-0.05, 0) is 18.2 Å². The van der Waals surface area contributed by atoms with Crippen molar-refractivity contribution in [2.24, 2.45) is 0 Å². The van der Waals surface area contributed by atoms with Crippen LogP contribution in [-0.2, 0) is 9.59 Å². The van der Waals surface area contributed by atoms with Crippen molar-refractivity contribution >= 4 is 34.9 Å². The minimum atomic E-state index is -1.18. The number of nitrogens with one attached hydrogen (secondary N) is 2. The van der Waals surface area contributed by atoms with E-state index in [0.717, 1.165) is 0 Å². The van der Waals surface area contributed by atoms with Gasteiger partial charge in [-0.1, -0.05) is 11.6 Å². The SMILES string of the molecule is CC(=O)NC1C(=O)Nc2ccc(Cl)cc2C1=O. The molecule has 2 N–H and O–H groups in total. The summed E-state index contributed by atoms with van der Waals surface area (Å²) < 4.78 is 0. The van der Waals surface area contributed by atoms with Crippen LogP contribution in [0.3, 0.4) is 0 Å². The summed E-state index contributed by atoms with van der Waals surface area (Å²) in [4.78, 5) is 34.5. The van der Waals surface area contributed by atoms with E-state index in [1.807, 2.05) is 0 Å². The number of amides is 2. The number of hydrogen-bond donors (Lipinski definition) is 2. The van der Waals surface area contributed by atoms with Gasteiger partial charge in [-0.3, -0.25) is 14.4 Å². The minimum Gasteiger partial charge on any atom is -0.338 e. The molecule has 0 fully saturated rings. The highest BCUT2D eigenvalue weighted by atomic mass is 35.5. The number of halogens is 1. The highest BCUT2D eigenvalue weighted by Gasteiger charge is 2.34. The average Bonchev–Trinajstić information content (AvgIpc) is 2.25. The first-order valence-electron chi connectivity index (χ1n) is 4.91. The second-order valence-corrected chi connectivity index (χ2v) is 4.11. The van der Waals surface area contributed by atoms with Crippen LogP contribution in [0.25, 0.3) is 0 Å². The van der Waals surface area contributed by atoms with Crippen molar-refractivity contribution in [2.45, 2.75) is 13.0 Å². The van der Waals surface area contributed by atoms with Crippen LogP contribution < -0.4 is 10.6 Å². The van der Waals surface area contributed by atoms with Crippen LogP contribution in [0, 0.1) is 0 Å². The van der Waals surface area contributed by atoms with E-state index in [1.54, 1.807) is 12.1 Å². The van der Waals surface area contributed by atoms with Crippen molar-refractivity contribution < 1.29 is 14.4 Å². The zero-order valence-electron chi connectivity index (χ0n) is 8.91. The molecule has 1 aromatic rings. The van der Waals surface area contributed by atoms with Gasteiger partial charge in [0.25, 0.3) is 5.91 Å². The topological polar surface area (TPSA) is 75.3 Å². The van der Waals surface area contributed by atoms with E-state index in [1.165, 1.54) is 13.0 Å². The van der Waals surface area contributed by atoms with E-state index < -0.39 is 23.6 Å². The summed E-state index contributed by atoms with van der Waals surface area (Å²) in [6.07, 6.45) is 0. The number of hydrogen-bond acceptors (Lipinski definition) is 3. The van der Waals surface area contributed by atoms with E-state index in [4.69, 9.17) is 11.6 Å². The van der Waals surface area contributed by atoms with E-state index in [2.05, 4.69) is 10.6 Å². The number of rotatable bonds is 1. The molecule has 0 aliphatic carbocycles. The number of fused-ring (bicyclic) bond motifs is 1. The van der Waals surface area contributed by atoms with Crippen LogP contribution >= 0.6 is 11.6 Å². The van der Waals surface area contributed by atoms with Crippen molar-refractivity contribution in [3.63, 3.8) is 0 Å². The molecule has 0 radical (unpaired) electrons. The van der Waals surface area contributed by atoms with Crippen molar-refractivity contribution in [1.29, 1.82) is 0 Å². The standard InChI is InChI=1S/C11H9ClN2O3/c1-5(15)13-9-10(16)7-4-6(12)2-3-8(7)14-11(9)17/h2-4,9H,1H3,(H,13,15)(H,14,17). The maximum absolute atomic E-state index is 12.0. The Morgan fingerprint density at radius 3 is 2.76 bits per heavy atom. The predicted molar refractivity (Wildman–Crippen MR) is 62.0 cm³/mol. The van der Waals surface area contributed by atoms with Crippen LogP contribution in [0.15, 0.2) is 18.2 Å². The van der Waals surface area contributed by atoms with Gasteiger partial charge >= 0.3 is 0 Å². The van der Waals surface area contributed by atoms with Crippen molar-refractivity contribution in [1.82, 2.24) is 5.32 Å². The Balaban J connectivity index is 2.41. The fourth-order valence-corrected chi connectivity index (χ4v) is 1.82. The molecule has 17 heavy (non-hydrogen) atoms. The highest BCUT2D eigenvalue weighted by molar-refractivity contribution is 6.32. The molecule has 2 rings (SSSR count). The van der Waals surface area contributed by atoms with E-state index in [0.29, 0.717) is 16.3 Å². The Hall–Kier alpha value is -1.88. The summed E-state index contributed by atoms with van der Waals surface area (Å²) in [5, 5.41) is 5.24. The quantitative estimate of drug-likeness (QED) is 0.732. The summed E-state index contributed by atoms with van der Waals surface area (Å²) >= 11 is 5.78. The van der Waals surface area contributed by atoms with Gasteiger partial charge in [-0.25, -0.2) is 0 Å². The van der Waals surface area contributed by atoms with Crippen LogP contribution in [0.4, 0.5) is 5.69 Å². The number of anilines is 1. The van der Waals surface area contributed by atoms with Crippen molar-refractivity contribution in [3.8, 4) is 0 Å². The van der Waals surface area contributed by atoms with Crippen LogP contribution in [0.2, 0.25) is 5.02 Å². The summed E-state index contributed by atoms with van der Waals surface area (Å²) in [6.45, 7) is 1.24. The zero-order chi connectivity index (χ0) is 12.6. The molecular weight excluding hydrogens is 244 g/mol. The fourth-order valence-electron chi connectivity index (χ4n) is 1.64. The molecule has 0 spiro atoms. The van der Waals surface area contributed by atoms with Gasteiger partial charge in [0.05, 0.1) is 5.69 Å². The molecule has 1 aliphatic rings. The molecule has 1 aromatic carbocycles. The van der Waals surface area contributed by atoms with Crippen LogP contribution in [0.5, 0.6) is 0 Å². The lowest BCUT2D eigenvalue weighted by molar-refractivity contribution is -0.124. The molecule has 6 heteroatoms. The third-order valence-corrected chi connectivity index (χ3v) is 2.61. The first-order chi connectivity index (χ1) is 7.99. The number of carbonyl (C=O) groups excluding carboxylic acids is 3. The Labute approximate surface area is 102 Å². The maximum Gasteiger partial charge on any atom is 0.255 e. The molecular formula is C11H9ClN2O3. The number of carbonyl (C=O) groups is 3. The third kappa shape index (κ3) is 2.14. The van der Waals surface area contributed by atoms with Gasteiger partial charge in [0.1, 0.15) is 0 Å². The largest absolute Gasteiger partial charge is 0.338 e. The molecule has 0 saturated carbocycles. The molecule has 0 bridgehead atoms. The lowest BCUT2D eigenvalue weighted by atomic mass is 9.97. The highest BCUT2D eigenvalue weighted by Crippen LogP contribution is 2.25. The average molecular weight is 253 g/mol. The normalized spacial score (nSPS) is 18.4. The smallest absolute Gasteiger partial charge is 0.255 e. The Morgan fingerprint density at radius 1 is 1.41 bits per heavy atom. The van der Waals surface area contributed by atoms with Gasteiger partial charge in [-0.2, -0.15) is 0 Å². The van der Waals surface area contributed by atoms with Gasteiger partial charge in [0.15, 0.2) is 11.8 Å². The molecule has 2 amide bonds. The summed E-state index contributed by atoms with van der Waals surface area (Å²) in [5.74, 6) is -1.44. The number of ketones is 1. The Morgan fingerprint density at radius 2 is 2.12 bits per heavy atom. The van der Waals surface area contributed by atoms with E-state index in [-0.39, 0.29) is 0 Å². The van der Waals surface area contributed by atoms with Crippen molar-refractivity contribution in [2.75, 3.05) is 5.32 Å². The molecule has 1 unspecified atom stereocenters. The molecule has 1 aliphatic heterocycles. The second kappa shape index (κ2) is 4.18. The summed E-state index contributed by atoms with van der Waals surface area (Å²) in [6, 6.07) is 3.41. The molecule has 1 heterocycles. The van der Waals surface area contributed by atoms with Crippen LogP contribution in [-0.4, -0.2) is 23.6 Å². The molecule has 88 valence electrons. The first-order valence-corrected chi connectivity index (χ1v) is 5.28. The first kappa shape index (κ1) is 11.6. The van der Waals surface area contributed by atoms with Gasteiger partial charge in [-0.15, -0.1) is 0 Å². The third-order valence-electron chi connectivity index (χ3n) is 2.38. The zero-order valence-corrected chi connectivity index (χ0v) is 9.67. The minimum absolute atomic E-state index is 0.302. The number of benzene rings is 1. The van der Waals surface area contributed by atoms with E-state index >= 15 is 0 Å². The van der Waals surface area contributed by atoms with Crippen LogP contribution in [0.1, 0.15) is 17.3 Å². The molecule has 5 nitrogen and oxygen atoms in total. The fraction of sp³-hybridized carbons (Fsp3) is 0.182. The Bertz CT molecular complexity index is 527.